The summed E-state index contributed by atoms with van der Waals surface area (Å²) in [5.41, 5.74) is 2.66. The molecule has 0 atom stereocenters. The van der Waals surface area contributed by atoms with E-state index in [1.807, 2.05) is 48.5 Å². The second-order valence-corrected chi connectivity index (χ2v) is 8.96. The van der Waals surface area contributed by atoms with Gasteiger partial charge in [0, 0.05) is 17.7 Å². The molecule has 3 aromatic carbocycles. The minimum Gasteiger partial charge on any atom is -0.496 e. The number of carbonyl (C=O) groups excluding carboxylic acids is 1. The first kappa shape index (κ1) is 21.2. The van der Waals surface area contributed by atoms with Crippen molar-refractivity contribution in [2.75, 3.05) is 7.11 Å². The summed E-state index contributed by atoms with van der Waals surface area (Å²) in [7, 11) is 1.61. The van der Waals surface area contributed by atoms with Crippen LogP contribution in [-0.2, 0) is 23.4 Å². The lowest BCUT2D eigenvalue weighted by Crippen LogP contribution is -2.34. The van der Waals surface area contributed by atoms with Crippen LogP contribution in [0.2, 0.25) is 0 Å². The van der Waals surface area contributed by atoms with Crippen molar-refractivity contribution < 1.29 is 19.4 Å². The Kier molecular flexibility index (Phi) is 6.14. The second-order valence-electron chi connectivity index (χ2n) is 7.95. The average molecular weight is 433 g/mol. The molecule has 0 amide bonds. The van der Waals surface area contributed by atoms with Gasteiger partial charge < -0.3 is 9.84 Å². The molecule has 0 saturated heterocycles. The topological polar surface area (TPSA) is 63.6 Å². The molecule has 3 aromatic rings. The lowest BCUT2D eigenvalue weighted by Gasteiger charge is -2.23. The Morgan fingerprint density at radius 1 is 0.968 bits per heavy atom. The highest BCUT2D eigenvalue weighted by atomic mass is 32.2. The molecule has 0 heterocycles. The van der Waals surface area contributed by atoms with Gasteiger partial charge in [0.2, 0.25) is 0 Å². The van der Waals surface area contributed by atoms with Gasteiger partial charge in [0.15, 0.2) is 5.78 Å². The van der Waals surface area contributed by atoms with Crippen molar-refractivity contribution in [3.8, 4) is 5.75 Å². The highest BCUT2D eigenvalue weighted by Gasteiger charge is 2.45. The molecule has 4 nitrogen and oxygen atoms in total. The van der Waals surface area contributed by atoms with Gasteiger partial charge in [-0.3, -0.25) is 9.59 Å². The van der Waals surface area contributed by atoms with Crippen LogP contribution in [0.3, 0.4) is 0 Å². The van der Waals surface area contributed by atoms with E-state index in [0.29, 0.717) is 24.2 Å². The first-order valence-electron chi connectivity index (χ1n) is 10.2. The monoisotopic (exact) mass is 432 g/mol. The molecule has 5 heteroatoms. The molecule has 0 fully saturated rings. The zero-order valence-electron chi connectivity index (χ0n) is 17.3. The van der Waals surface area contributed by atoms with E-state index in [1.54, 1.807) is 31.0 Å². The highest BCUT2D eigenvalue weighted by Crippen LogP contribution is 2.41. The largest absolute Gasteiger partial charge is 0.496 e. The summed E-state index contributed by atoms with van der Waals surface area (Å²) in [6, 6.07) is 23.2. The minimum atomic E-state index is -1.09. The number of benzene rings is 3. The van der Waals surface area contributed by atoms with Gasteiger partial charge in [-0.05, 0) is 47.7 Å². The lowest BCUT2D eigenvalue weighted by atomic mass is 9.79. The van der Waals surface area contributed by atoms with Crippen LogP contribution in [0.5, 0.6) is 5.75 Å². The van der Waals surface area contributed by atoms with E-state index in [9.17, 15) is 14.7 Å². The van der Waals surface area contributed by atoms with Gasteiger partial charge in [0.25, 0.3) is 0 Å². The molecule has 0 spiro atoms. The zero-order valence-corrected chi connectivity index (χ0v) is 18.2. The van der Waals surface area contributed by atoms with E-state index >= 15 is 0 Å². The Morgan fingerprint density at radius 3 is 2.23 bits per heavy atom. The highest BCUT2D eigenvalue weighted by molar-refractivity contribution is 7.98. The molecule has 0 unspecified atom stereocenters. The number of methoxy groups -OCH3 is 1. The summed E-state index contributed by atoms with van der Waals surface area (Å²) in [6.07, 6.45) is 0.748. The summed E-state index contributed by atoms with van der Waals surface area (Å²) in [4.78, 5) is 26.3. The van der Waals surface area contributed by atoms with Crippen LogP contribution >= 0.6 is 11.8 Å². The van der Waals surface area contributed by atoms with E-state index in [-0.39, 0.29) is 12.2 Å². The molecule has 1 N–H and O–H groups in total. The summed E-state index contributed by atoms with van der Waals surface area (Å²) >= 11 is 1.60. The third kappa shape index (κ3) is 4.52. The van der Waals surface area contributed by atoms with Crippen molar-refractivity contribution in [3.63, 3.8) is 0 Å². The van der Waals surface area contributed by atoms with Crippen molar-refractivity contribution in [3.05, 3.63) is 95.1 Å². The third-order valence-electron chi connectivity index (χ3n) is 5.85. The number of carboxylic acids is 1. The third-order valence-corrected chi connectivity index (χ3v) is 6.96. The summed E-state index contributed by atoms with van der Waals surface area (Å²) < 4.78 is 5.48. The van der Waals surface area contributed by atoms with Crippen molar-refractivity contribution in [1.29, 1.82) is 0 Å². The number of fused-ring (bicyclic) bond motifs is 1. The molecule has 31 heavy (non-hydrogen) atoms. The first-order valence-corrected chi connectivity index (χ1v) is 11.2. The van der Waals surface area contributed by atoms with E-state index in [2.05, 4.69) is 12.1 Å². The number of ketones is 1. The van der Waals surface area contributed by atoms with Gasteiger partial charge >= 0.3 is 5.97 Å². The molecule has 1 aliphatic rings. The Balaban J connectivity index is 1.54. The molecule has 0 radical (unpaired) electrons. The molecule has 158 valence electrons. The smallest absolute Gasteiger partial charge is 0.310 e. The average Bonchev–Trinajstić information content (AvgIpc) is 3.17. The first-order chi connectivity index (χ1) is 15.0. The SMILES string of the molecule is COc1ccc(C(=O)CC2(C(=O)O)Cc3ccccc3C2)cc1SCc1ccccc1. The van der Waals surface area contributed by atoms with Crippen molar-refractivity contribution in [1.82, 2.24) is 0 Å². The Hall–Kier alpha value is -3.05. The fourth-order valence-corrected chi connectivity index (χ4v) is 5.17. The predicted octanol–water partition coefficient (Wildman–Crippen LogP) is 5.43. The quantitative estimate of drug-likeness (QED) is 0.380. The maximum Gasteiger partial charge on any atom is 0.310 e. The number of Topliss-reactive ketones (excluding diaryl/α,β-unsaturated/α-hetero) is 1. The number of hydrogen-bond donors (Lipinski definition) is 1. The fourth-order valence-electron chi connectivity index (χ4n) is 4.15. The Labute approximate surface area is 186 Å². The standard InChI is InChI=1S/C26H24O4S/c1-30-23-12-11-19(13-24(23)31-17-18-7-3-2-4-8-18)22(27)16-26(25(28)29)14-20-9-5-6-10-21(20)15-26/h2-13H,14-17H2,1H3,(H,28,29). The van der Waals surface area contributed by atoms with Gasteiger partial charge in [0.1, 0.15) is 5.75 Å². The maximum atomic E-state index is 13.2. The molecule has 1 aliphatic carbocycles. The van der Waals surface area contributed by atoms with Crippen LogP contribution in [0.25, 0.3) is 0 Å². The molecule has 0 aliphatic heterocycles. The summed E-state index contributed by atoms with van der Waals surface area (Å²) in [5, 5.41) is 10.0. The minimum absolute atomic E-state index is 0.0217. The van der Waals surface area contributed by atoms with Crippen LogP contribution in [0, 0.1) is 5.41 Å². The number of thioether (sulfide) groups is 1. The number of carbonyl (C=O) groups is 2. The van der Waals surface area contributed by atoms with Gasteiger partial charge in [0.05, 0.1) is 17.4 Å². The number of rotatable bonds is 8. The number of hydrogen-bond acceptors (Lipinski definition) is 4. The van der Waals surface area contributed by atoms with Gasteiger partial charge in [-0.15, -0.1) is 11.8 Å². The van der Waals surface area contributed by atoms with Crippen molar-refractivity contribution in [2.24, 2.45) is 5.41 Å². The molecular weight excluding hydrogens is 408 g/mol. The van der Waals surface area contributed by atoms with Crippen LogP contribution in [0.4, 0.5) is 0 Å². The lowest BCUT2D eigenvalue weighted by molar-refractivity contribution is -0.148. The predicted molar refractivity (Wildman–Crippen MR) is 122 cm³/mol. The van der Waals surface area contributed by atoms with Crippen LogP contribution in [-0.4, -0.2) is 24.0 Å². The van der Waals surface area contributed by atoms with E-state index in [0.717, 1.165) is 21.8 Å². The van der Waals surface area contributed by atoms with Gasteiger partial charge in [-0.25, -0.2) is 0 Å². The van der Waals surface area contributed by atoms with Gasteiger partial charge in [-0.2, -0.15) is 0 Å². The molecular formula is C26H24O4S. The van der Waals surface area contributed by atoms with Crippen LogP contribution in [0.1, 0.15) is 33.5 Å². The zero-order chi connectivity index (χ0) is 21.8. The van der Waals surface area contributed by atoms with Crippen molar-refractivity contribution in [2.45, 2.75) is 29.9 Å². The molecule has 0 aromatic heterocycles. The number of carboxylic acid groups (broad SMARTS) is 1. The number of ether oxygens (including phenoxy) is 1. The maximum absolute atomic E-state index is 13.2. The van der Waals surface area contributed by atoms with E-state index in [4.69, 9.17) is 4.74 Å². The second kappa shape index (κ2) is 8.98. The Bertz CT molecular complexity index is 1080. The number of aliphatic carboxylic acids is 1. The van der Waals surface area contributed by atoms with E-state index in [1.165, 1.54) is 5.56 Å². The molecule has 4 rings (SSSR count). The fraction of sp³-hybridized carbons (Fsp3) is 0.231. The van der Waals surface area contributed by atoms with Crippen molar-refractivity contribution >= 4 is 23.5 Å². The van der Waals surface area contributed by atoms with E-state index < -0.39 is 11.4 Å². The summed E-state index contributed by atoms with van der Waals surface area (Å²) in [6.45, 7) is 0. The summed E-state index contributed by atoms with van der Waals surface area (Å²) in [5.74, 6) is 0.394. The molecule has 0 bridgehead atoms. The normalized spacial score (nSPS) is 14.1. The van der Waals surface area contributed by atoms with Crippen LogP contribution < -0.4 is 4.74 Å². The van der Waals surface area contributed by atoms with Crippen LogP contribution in [0.15, 0.2) is 77.7 Å². The molecule has 0 saturated carbocycles. The van der Waals surface area contributed by atoms with Gasteiger partial charge in [-0.1, -0.05) is 54.6 Å². The Morgan fingerprint density at radius 2 is 1.61 bits per heavy atom.